The van der Waals surface area contributed by atoms with E-state index in [-0.39, 0.29) is 5.92 Å². The predicted molar refractivity (Wildman–Crippen MR) is 103 cm³/mol. The number of nitrogens with two attached hydrogens (primary N) is 2. The number of hydrogen-bond acceptors (Lipinski definition) is 8. The highest BCUT2D eigenvalue weighted by Crippen LogP contribution is 2.06. The second kappa shape index (κ2) is 12.7. The first-order valence-electron chi connectivity index (χ1n) is 9.32. The zero-order chi connectivity index (χ0) is 23.6. The summed E-state index contributed by atoms with van der Waals surface area (Å²) in [6.45, 7) is 3.84. The van der Waals surface area contributed by atoms with Crippen LogP contribution in [0.15, 0.2) is 0 Å². The van der Waals surface area contributed by atoms with Gasteiger partial charge < -0.3 is 42.7 Å². The predicted octanol–water partition coefficient (Wildman–Crippen LogP) is -3.85. The topological polar surface area (TPSA) is 234 Å². The van der Waals surface area contributed by atoms with Gasteiger partial charge in [-0.2, -0.15) is 0 Å². The number of hydrogen-bond donors (Lipinski definition) is 8. The minimum Gasteiger partial charge on any atom is -0.480 e. The van der Waals surface area contributed by atoms with E-state index in [9.17, 15) is 29.1 Å². The molecule has 0 saturated heterocycles. The Bertz CT molecular complexity index is 642. The number of primary amides is 1. The van der Waals surface area contributed by atoms with E-state index in [1.54, 1.807) is 6.92 Å². The van der Waals surface area contributed by atoms with Crippen LogP contribution in [0.4, 0.5) is 0 Å². The Kier molecular flexibility index (Phi) is 11.5. The third-order valence-corrected chi connectivity index (χ3v) is 4.46. The molecular formula is C17H31N5O8. The van der Waals surface area contributed by atoms with Crippen molar-refractivity contribution in [2.24, 2.45) is 17.4 Å². The van der Waals surface area contributed by atoms with Crippen molar-refractivity contribution in [3.8, 4) is 0 Å². The highest BCUT2D eigenvalue weighted by molar-refractivity contribution is 5.96. The fourth-order valence-corrected chi connectivity index (χ4v) is 2.30. The maximum absolute atomic E-state index is 12.5. The number of carboxylic acid groups (broad SMARTS) is 1. The number of aliphatic hydroxyl groups is 2. The molecule has 0 aromatic rings. The molecule has 0 bridgehead atoms. The van der Waals surface area contributed by atoms with Gasteiger partial charge in [-0.1, -0.05) is 20.3 Å². The van der Waals surface area contributed by atoms with E-state index >= 15 is 0 Å². The summed E-state index contributed by atoms with van der Waals surface area (Å²) in [6.07, 6.45) is -1.49. The smallest absolute Gasteiger partial charge is 0.328 e. The summed E-state index contributed by atoms with van der Waals surface area (Å²) in [4.78, 5) is 59.3. The molecule has 0 saturated carbocycles. The fourth-order valence-electron chi connectivity index (χ4n) is 2.30. The van der Waals surface area contributed by atoms with Gasteiger partial charge in [0.2, 0.25) is 23.6 Å². The lowest BCUT2D eigenvalue weighted by Crippen LogP contribution is -2.60. The highest BCUT2D eigenvalue weighted by Gasteiger charge is 2.33. The van der Waals surface area contributed by atoms with Crippen LogP contribution in [-0.2, 0) is 24.0 Å². The number of carbonyl (C=O) groups excluding carboxylic acids is 4. The Morgan fingerprint density at radius 2 is 1.47 bits per heavy atom. The first-order valence-corrected chi connectivity index (χ1v) is 9.32. The maximum atomic E-state index is 12.5. The average molecular weight is 433 g/mol. The molecule has 0 aliphatic rings. The fraction of sp³-hybridized carbons (Fsp3) is 0.706. The molecule has 0 spiro atoms. The van der Waals surface area contributed by atoms with Gasteiger partial charge >= 0.3 is 5.97 Å². The average Bonchev–Trinajstić information content (AvgIpc) is 2.66. The molecule has 0 heterocycles. The molecule has 0 aliphatic carbocycles. The van der Waals surface area contributed by atoms with Crippen LogP contribution in [0.5, 0.6) is 0 Å². The van der Waals surface area contributed by atoms with Gasteiger partial charge in [0, 0.05) is 0 Å². The Labute approximate surface area is 173 Å². The summed E-state index contributed by atoms with van der Waals surface area (Å²) in [5, 5.41) is 34.2. The van der Waals surface area contributed by atoms with Crippen molar-refractivity contribution >= 4 is 29.6 Å². The van der Waals surface area contributed by atoms with Crippen LogP contribution in [-0.4, -0.2) is 81.8 Å². The number of rotatable bonds is 13. The summed E-state index contributed by atoms with van der Waals surface area (Å²) >= 11 is 0. The van der Waals surface area contributed by atoms with Crippen molar-refractivity contribution in [3.05, 3.63) is 0 Å². The highest BCUT2D eigenvalue weighted by atomic mass is 16.4. The van der Waals surface area contributed by atoms with Gasteiger partial charge in [-0.3, -0.25) is 19.2 Å². The van der Waals surface area contributed by atoms with Gasteiger partial charge in [-0.15, -0.1) is 0 Å². The molecule has 172 valence electrons. The number of aliphatic carboxylic acids is 1. The minimum atomic E-state index is -1.68. The van der Waals surface area contributed by atoms with Gasteiger partial charge in [0.05, 0.1) is 25.2 Å². The molecule has 0 aliphatic heterocycles. The standard InChI is InChI=1S/C17H31N5O8/c1-4-7(2)12(19)15(27)22-13(8(3)24)16(28)20-9(5-11(18)25)14(26)21-10(6-23)17(29)30/h7-10,12-13,23-24H,4-6,19H2,1-3H3,(H2,18,25)(H,20,28)(H,21,26)(H,22,27)(H,29,30). The number of carboxylic acids is 1. The molecule has 0 rings (SSSR count). The van der Waals surface area contributed by atoms with Crippen LogP contribution in [0.25, 0.3) is 0 Å². The van der Waals surface area contributed by atoms with Gasteiger partial charge in [-0.05, 0) is 12.8 Å². The molecule has 0 fully saturated rings. The molecular weight excluding hydrogens is 402 g/mol. The largest absolute Gasteiger partial charge is 0.480 e. The number of amides is 4. The van der Waals surface area contributed by atoms with Crippen molar-refractivity contribution in [2.45, 2.75) is 63.9 Å². The lowest BCUT2D eigenvalue weighted by molar-refractivity contribution is -0.143. The van der Waals surface area contributed by atoms with Crippen molar-refractivity contribution < 1.29 is 39.3 Å². The molecule has 0 aromatic carbocycles. The van der Waals surface area contributed by atoms with Gasteiger partial charge in [-0.25, -0.2) is 4.79 Å². The Balaban J connectivity index is 5.40. The zero-order valence-corrected chi connectivity index (χ0v) is 17.1. The third-order valence-electron chi connectivity index (χ3n) is 4.46. The molecule has 0 radical (unpaired) electrons. The van der Waals surface area contributed by atoms with Crippen molar-refractivity contribution in [3.63, 3.8) is 0 Å². The Morgan fingerprint density at radius 1 is 0.933 bits per heavy atom. The first-order chi connectivity index (χ1) is 13.8. The second-order valence-electron chi connectivity index (χ2n) is 6.95. The number of aliphatic hydroxyl groups excluding tert-OH is 2. The van der Waals surface area contributed by atoms with E-state index in [0.29, 0.717) is 6.42 Å². The van der Waals surface area contributed by atoms with Gasteiger partial charge in [0.1, 0.15) is 18.1 Å². The van der Waals surface area contributed by atoms with E-state index in [2.05, 4.69) is 10.6 Å². The third kappa shape index (κ3) is 8.71. The van der Waals surface area contributed by atoms with Crippen molar-refractivity contribution in [1.29, 1.82) is 0 Å². The van der Waals surface area contributed by atoms with E-state index < -0.39 is 72.9 Å². The quantitative estimate of drug-likeness (QED) is 0.142. The molecule has 30 heavy (non-hydrogen) atoms. The Morgan fingerprint density at radius 3 is 1.87 bits per heavy atom. The van der Waals surface area contributed by atoms with Crippen LogP contribution < -0.4 is 27.4 Å². The summed E-state index contributed by atoms with van der Waals surface area (Å²) in [6, 6.07) is -5.74. The van der Waals surface area contributed by atoms with Crippen molar-refractivity contribution in [2.75, 3.05) is 6.61 Å². The van der Waals surface area contributed by atoms with Crippen LogP contribution in [0.3, 0.4) is 0 Å². The van der Waals surface area contributed by atoms with E-state index in [0.717, 1.165) is 0 Å². The van der Waals surface area contributed by atoms with Gasteiger partial charge in [0.25, 0.3) is 0 Å². The summed E-state index contributed by atoms with van der Waals surface area (Å²) in [5.74, 6) is -5.55. The summed E-state index contributed by atoms with van der Waals surface area (Å²) in [7, 11) is 0. The van der Waals surface area contributed by atoms with Crippen LogP contribution in [0, 0.1) is 5.92 Å². The molecule has 13 heteroatoms. The van der Waals surface area contributed by atoms with Crippen LogP contribution >= 0.6 is 0 Å². The minimum absolute atomic E-state index is 0.206. The molecule has 10 N–H and O–H groups in total. The van der Waals surface area contributed by atoms with E-state index in [4.69, 9.17) is 21.7 Å². The normalized spacial score (nSPS) is 16.9. The summed E-state index contributed by atoms with van der Waals surface area (Å²) in [5.41, 5.74) is 10.9. The number of nitrogens with one attached hydrogen (secondary N) is 3. The maximum Gasteiger partial charge on any atom is 0.328 e. The van der Waals surface area contributed by atoms with Crippen LogP contribution in [0.1, 0.15) is 33.6 Å². The van der Waals surface area contributed by atoms with E-state index in [1.165, 1.54) is 6.92 Å². The lowest BCUT2D eigenvalue weighted by atomic mass is 9.98. The molecule has 4 amide bonds. The molecule has 6 atom stereocenters. The van der Waals surface area contributed by atoms with E-state index in [1.807, 2.05) is 12.2 Å². The monoisotopic (exact) mass is 433 g/mol. The zero-order valence-electron chi connectivity index (χ0n) is 17.1. The Hall–Kier alpha value is -2.77. The number of carbonyl (C=O) groups is 5. The van der Waals surface area contributed by atoms with Crippen LogP contribution in [0.2, 0.25) is 0 Å². The first kappa shape index (κ1) is 27.2. The molecule has 0 aromatic heterocycles. The van der Waals surface area contributed by atoms with Gasteiger partial charge in [0.15, 0.2) is 0 Å². The SMILES string of the molecule is CCC(C)C(N)C(=O)NC(C(=O)NC(CC(N)=O)C(=O)NC(CO)C(=O)O)C(C)O. The molecule has 13 nitrogen and oxygen atoms in total. The van der Waals surface area contributed by atoms with Crippen molar-refractivity contribution in [1.82, 2.24) is 16.0 Å². The second-order valence-corrected chi connectivity index (χ2v) is 6.95. The molecule has 6 unspecified atom stereocenters. The summed E-state index contributed by atoms with van der Waals surface area (Å²) < 4.78 is 0. The lowest BCUT2D eigenvalue weighted by Gasteiger charge is -2.26.